The Kier molecular flexibility index (Phi) is 3.82. The van der Waals surface area contributed by atoms with Gasteiger partial charge in [-0.3, -0.25) is 0 Å². The molecule has 0 saturated heterocycles. The van der Waals surface area contributed by atoms with Crippen LogP contribution in [0.15, 0.2) is 59.5 Å². The molecule has 5 heteroatoms. The molecular formula is C16H15N3O2. The highest BCUT2D eigenvalue weighted by molar-refractivity contribution is 5.60. The summed E-state index contributed by atoms with van der Waals surface area (Å²) < 4.78 is 10.4. The van der Waals surface area contributed by atoms with Crippen molar-refractivity contribution in [2.24, 2.45) is 0 Å². The Hall–Kier alpha value is -2.82. The number of nitrogens with zero attached hydrogens (tertiary/aromatic N) is 2. The van der Waals surface area contributed by atoms with E-state index in [0.29, 0.717) is 12.4 Å². The maximum atomic E-state index is 5.26. The van der Waals surface area contributed by atoms with Crippen LogP contribution in [0.5, 0.6) is 5.88 Å². The van der Waals surface area contributed by atoms with E-state index in [4.69, 9.17) is 9.15 Å². The number of rotatable bonds is 5. The van der Waals surface area contributed by atoms with Gasteiger partial charge in [-0.15, -0.1) is 0 Å². The van der Waals surface area contributed by atoms with E-state index in [-0.39, 0.29) is 0 Å². The van der Waals surface area contributed by atoms with E-state index < -0.39 is 0 Å². The Bertz CT molecular complexity index is 694. The fraction of sp³-hybridized carbons (Fsp3) is 0.125. The van der Waals surface area contributed by atoms with Gasteiger partial charge in [-0.25, -0.2) is 9.97 Å². The van der Waals surface area contributed by atoms with Crippen LogP contribution in [0, 0.1) is 0 Å². The molecule has 0 aliphatic rings. The number of anilines is 1. The van der Waals surface area contributed by atoms with Crippen molar-refractivity contribution in [3.63, 3.8) is 0 Å². The molecule has 0 spiro atoms. The second-order valence-electron chi connectivity index (χ2n) is 4.47. The summed E-state index contributed by atoms with van der Waals surface area (Å²) in [5.41, 5.74) is 2.94. The third-order valence-electron chi connectivity index (χ3n) is 3.07. The van der Waals surface area contributed by atoms with E-state index in [1.165, 1.54) is 6.39 Å². The Morgan fingerprint density at radius 3 is 2.71 bits per heavy atom. The number of pyridine rings is 1. The highest BCUT2D eigenvalue weighted by Crippen LogP contribution is 2.21. The maximum Gasteiger partial charge on any atom is 0.213 e. The number of methoxy groups -OCH3 is 1. The van der Waals surface area contributed by atoms with Gasteiger partial charge in [0, 0.05) is 17.3 Å². The lowest BCUT2D eigenvalue weighted by Gasteiger charge is -2.07. The first-order valence-electron chi connectivity index (χ1n) is 6.58. The van der Waals surface area contributed by atoms with E-state index in [0.717, 1.165) is 22.7 Å². The summed E-state index contributed by atoms with van der Waals surface area (Å²) in [4.78, 5) is 8.27. The minimum atomic E-state index is 0.620. The van der Waals surface area contributed by atoms with Crippen molar-refractivity contribution in [3.05, 3.63) is 60.7 Å². The number of oxazole rings is 1. The molecule has 0 saturated carbocycles. The van der Waals surface area contributed by atoms with Gasteiger partial charge in [0.15, 0.2) is 12.2 Å². The topological polar surface area (TPSA) is 60.2 Å². The number of hydrogen-bond acceptors (Lipinski definition) is 5. The lowest BCUT2D eigenvalue weighted by molar-refractivity contribution is 0.396. The van der Waals surface area contributed by atoms with Crippen molar-refractivity contribution in [1.82, 2.24) is 9.97 Å². The van der Waals surface area contributed by atoms with E-state index in [9.17, 15) is 0 Å². The molecule has 0 aliphatic heterocycles. The van der Waals surface area contributed by atoms with Crippen LogP contribution in [-0.2, 0) is 6.54 Å². The van der Waals surface area contributed by atoms with Gasteiger partial charge in [-0.2, -0.15) is 0 Å². The summed E-state index contributed by atoms with van der Waals surface area (Å²) in [7, 11) is 1.61. The summed E-state index contributed by atoms with van der Waals surface area (Å²) in [6.45, 7) is 0.638. The molecule has 106 valence electrons. The first-order valence-corrected chi connectivity index (χ1v) is 6.58. The summed E-state index contributed by atoms with van der Waals surface area (Å²) in [6.07, 6.45) is 3.12. The smallest absolute Gasteiger partial charge is 0.213 e. The minimum absolute atomic E-state index is 0.620. The van der Waals surface area contributed by atoms with Crippen molar-refractivity contribution < 1.29 is 9.15 Å². The molecule has 1 N–H and O–H groups in total. The predicted octanol–water partition coefficient (Wildman–Crippen LogP) is 3.36. The van der Waals surface area contributed by atoms with Crippen molar-refractivity contribution in [1.29, 1.82) is 0 Å². The van der Waals surface area contributed by atoms with Crippen molar-refractivity contribution >= 4 is 5.69 Å². The maximum absolute atomic E-state index is 5.26. The van der Waals surface area contributed by atoms with Gasteiger partial charge < -0.3 is 14.5 Å². The first kappa shape index (κ1) is 13.2. The average Bonchev–Trinajstić information content (AvgIpc) is 3.08. The number of aromatic nitrogens is 2. The van der Waals surface area contributed by atoms with Gasteiger partial charge >= 0.3 is 0 Å². The van der Waals surface area contributed by atoms with Gasteiger partial charge in [0.1, 0.15) is 0 Å². The zero-order valence-electron chi connectivity index (χ0n) is 11.6. The zero-order chi connectivity index (χ0) is 14.5. The minimum Gasteiger partial charge on any atom is -0.481 e. The van der Waals surface area contributed by atoms with Crippen LogP contribution in [0.2, 0.25) is 0 Å². The molecule has 2 heterocycles. The zero-order valence-corrected chi connectivity index (χ0v) is 11.6. The Morgan fingerprint density at radius 2 is 2.00 bits per heavy atom. The normalized spacial score (nSPS) is 10.3. The molecule has 0 bridgehead atoms. The number of hydrogen-bond donors (Lipinski definition) is 1. The number of ether oxygens (including phenoxy) is 1. The standard InChI is InChI=1S/C16H15N3O2/c1-20-16-4-2-3-14(19-16)9-18-13-7-5-12(6-8-13)15-10-17-11-21-15/h2-8,10-11,18H,9H2,1H3. The molecule has 3 rings (SSSR count). The SMILES string of the molecule is COc1cccc(CNc2ccc(-c3cnco3)cc2)n1. The van der Waals surface area contributed by atoms with E-state index >= 15 is 0 Å². The highest BCUT2D eigenvalue weighted by Gasteiger charge is 2.02. The lowest BCUT2D eigenvalue weighted by atomic mass is 10.1. The van der Waals surface area contributed by atoms with Crippen molar-refractivity contribution in [2.75, 3.05) is 12.4 Å². The van der Waals surface area contributed by atoms with Gasteiger partial charge in [0.05, 0.1) is 25.5 Å². The first-order chi connectivity index (χ1) is 10.3. The van der Waals surface area contributed by atoms with Crippen LogP contribution in [-0.4, -0.2) is 17.1 Å². The van der Waals surface area contributed by atoms with Gasteiger partial charge in [0.2, 0.25) is 5.88 Å². The van der Waals surface area contributed by atoms with Crippen LogP contribution in [0.4, 0.5) is 5.69 Å². The molecule has 0 amide bonds. The molecule has 0 fully saturated rings. The summed E-state index contributed by atoms with van der Waals surface area (Å²) in [6, 6.07) is 13.7. The van der Waals surface area contributed by atoms with Gasteiger partial charge in [0.25, 0.3) is 0 Å². The molecule has 1 aromatic carbocycles. The van der Waals surface area contributed by atoms with Crippen LogP contribution in [0.25, 0.3) is 11.3 Å². The van der Waals surface area contributed by atoms with Crippen LogP contribution in [0.3, 0.4) is 0 Å². The van der Waals surface area contributed by atoms with E-state index in [1.807, 2.05) is 42.5 Å². The molecular weight excluding hydrogens is 266 g/mol. The van der Waals surface area contributed by atoms with Crippen molar-refractivity contribution in [2.45, 2.75) is 6.54 Å². The monoisotopic (exact) mass is 281 g/mol. The predicted molar refractivity (Wildman–Crippen MR) is 80.1 cm³/mol. The fourth-order valence-corrected chi connectivity index (χ4v) is 1.97. The number of benzene rings is 1. The fourth-order valence-electron chi connectivity index (χ4n) is 1.97. The Labute approximate surface area is 122 Å². The van der Waals surface area contributed by atoms with Gasteiger partial charge in [-0.1, -0.05) is 6.07 Å². The quantitative estimate of drug-likeness (QED) is 0.777. The molecule has 2 aromatic heterocycles. The third-order valence-corrected chi connectivity index (χ3v) is 3.07. The summed E-state index contributed by atoms with van der Waals surface area (Å²) in [5.74, 6) is 1.38. The Balaban J connectivity index is 1.65. The highest BCUT2D eigenvalue weighted by atomic mass is 16.5. The van der Waals surface area contributed by atoms with Crippen LogP contribution >= 0.6 is 0 Å². The van der Waals surface area contributed by atoms with E-state index in [1.54, 1.807) is 13.3 Å². The molecule has 0 unspecified atom stereocenters. The molecule has 5 nitrogen and oxygen atoms in total. The second kappa shape index (κ2) is 6.09. The van der Waals surface area contributed by atoms with Crippen LogP contribution < -0.4 is 10.1 Å². The van der Waals surface area contributed by atoms with Crippen LogP contribution in [0.1, 0.15) is 5.69 Å². The molecule has 0 radical (unpaired) electrons. The molecule has 0 atom stereocenters. The second-order valence-corrected chi connectivity index (χ2v) is 4.47. The summed E-state index contributed by atoms with van der Waals surface area (Å²) >= 11 is 0. The molecule has 3 aromatic rings. The number of nitrogens with one attached hydrogen (secondary N) is 1. The Morgan fingerprint density at radius 1 is 1.14 bits per heavy atom. The van der Waals surface area contributed by atoms with Gasteiger partial charge in [-0.05, 0) is 30.3 Å². The third kappa shape index (κ3) is 3.20. The van der Waals surface area contributed by atoms with Crippen molar-refractivity contribution in [3.8, 4) is 17.2 Å². The average molecular weight is 281 g/mol. The molecule has 21 heavy (non-hydrogen) atoms. The van der Waals surface area contributed by atoms with E-state index in [2.05, 4.69) is 15.3 Å². The molecule has 0 aliphatic carbocycles. The largest absolute Gasteiger partial charge is 0.481 e. The lowest BCUT2D eigenvalue weighted by Crippen LogP contribution is -2.02. The summed E-state index contributed by atoms with van der Waals surface area (Å²) in [5, 5.41) is 3.32.